The lowest BCUT2D eigenvalue weighted by molar-refractivity contribution is 0.0827. The van der Waals surface area contributed by atoms with Crippen molar-refractivity contribution in [3.8, 4) is 5.69 Å². The number of carbonyl (C=O) groups excluding carboxylic acids is 1. The average Bonchev–Trinajstić information content (AvgIpc) is 2.84. The van der Waals surface area contributed by atoms with Crippen molar-refractivity contribution in [3.63, 3.8) is 0 Å². The van der Waals surface area contributed by atoms with Crippen molar-refractivity contribution in [2.45, 2.75) is 0 Å². The van der Waals surface area contributed by atoms with E-state index in [0.717, 1.165) is 4.70 Å². The number of aromatic nitrogens is 1. The second-order valence-corrected chi connectivity index (χ2v) is 5.89. The van der Waals surface area contributed by atoms with Crippen LogP contribution in [0.1, 0.15) is 10.4 Å². The zero-order valence-electron chi connectivity index (χ0n) is 11.7. The number of amides is 1. The number of nitrogens with zero attached hydrogens (tertiary/aromatic N) is 2. The van der Waals surface area contributed by atoms with Gasteiger partial charge in [-0.1, -0.05) is 35.8 Å². The molecule has 2 aromatic carbocycles. The second kappa shape index (κ2) is 5.18. The zero-order valence-corrected chi connectivity index (χ0v) is 12.6. The average molecular weight is 298 g/mol. The smallest absolute Gasteiger partial charge is 0.273 e. The van der Waals surface area contributed by atoms with Crippen molar-refractivity contribution in [1.29, 1.82) is 0 Å². The summed E-state index contributed by atoms with van der Waals surface area (Å²) in [6.45, 7) is 0. The molecule has 4 nitrogen and oxygen atoms in total. The molecule has 0 aliphatic carbocycles. The summed E-state index contributed by atoms with van der Waals surface area (Å²) in [6.07, 6.45) is 0. The monoisotopic (exact) mass is 298 g/mol. The van der Waals surface area contributed by atoms with E-state index >= 15 is 0 Å². The highest BCUT2D eigenvalue weighted by molar-refractivity contribution is 7.14. The Morgan fingerprint density at radius 3 is 2.43 bits per heavy atom. The van der Waals surface area contributed by atoms with Crippen LogP contribution in [0, 0.1) is 0 Å². The van der Waals surface area contributed by atoms with Gasteiger partial charge in [0.2, 0.25) is 0 Å². The predicted octanol–water partition coefficient (Wildman–Crippen LogP) is 2.75. The summed E-state index contributed by atoms with van der Waals surface area (Å²) in [5.41, 5.74) is 1.06. The van der Waals surface area contributed by atoms with Gasteiger partial charge in [0.25, 0.3) is 11.5 Å². The van der Waals surface area contributed by atoms with Crippen molar-refractivity contribution in [3.05, 3.63) is 64.4 Å². The van der Waals surface area contributed by atoms with Gasteiger partial charge in [-0.2, -0.15) is 0 Å². The maximum atomic E-state index is 12.5. The molecule has 106 valence electrons. The molecule has 0 bridgehead atoms. The van der Waals surface area contributed by atoms with E-state index in [0.29, 0.717) is 16.6 Å². The molecule has 1 heterocycles. The first kappa shape index (κ1) is 13.6. The number of hydrogen-bond donors (Lipinski definition) is 0. The Balaban J connectivity index is 2.27. The van der Waals surface area contributed by atoms with Gasteiger partial charge in [0.15, 0.2) is 0 Å². The van der Waals surface area contributed by atoms with Crippen LogP contribution < -0.4 is 5.56 Å². The van der Waals surface area contributed by atoms with Crippen molar-refractivity contribution in [2.24, 2.45) is 0 Å². The minimum Gasteiger partial charge on any atom is -0.345 e. The Labute approximate surface area is 126 Å². The maximum absolute atomic E-state index is 12.5. The van der Waals surface area contributed by atoms with Gasteiger partial charge in [0.1, 0.15) is 0 Å². The van der Waals surface area contributed by atoms with Crippen LogP contribution in [0.2, 0.25) is 0 Å². The van der Waals surface area contributed by atoms with Gasteiger partial charge >= 0.3 is 0 Å². The highest BCUT2D eigenvalue weighted by atomic mass is 32.1. The Kier molecular flexibility index (Phi) is 3.35. The van der Waals surface area contributed by atoms with Crippen molar-refractivity contribution >= 4 is 27.5 Å². The molecular weight excluding hydrogens is 284 g/mol. The summed E-state index contributed by atoms with van der Waals surface area (Å²) >= 11 is 1.35. The van der Waals surface area contributed by atoms with Crippen molar-refractivity contribution in [1.82, 2.24) is 8.86 Å². The quantitative estimate of drug-likeness (QED) is 0.730. The molecule has 0 radical (unpaired) electrons. The first-order valence-electron chi connectivity index (χ1n) is 6.51. The normalized spacial score (nSPS) is 10.8. The van der Waals surface area contributed by atoms with Crippen LogP contribution in [0.15, 0.2) is 53.3 Å². The lowest BCUT2D eigenvalue weighted by atomic mass is 10.1. The van der Waals surface area contributed by atoms with E-state index in [1.807, 2.05) is 24.3 Å². The molecule has 3 aromatic rings. The van der Waals surface area contributed by atoms with Gasteiger partial charge < -0.3 is 4.90 Å². The van der Waals surface area contributed by atoms with Gasteiger partial charge in [-0.3, -0.25) is 9.59 Å². The Morgan fingerprint density at radius 2 is 1.71 bits per heavy atom. The molecule has 0 aliphatic rings. The highest BCUT2D eigenvalue weighted by Crippen LogP contribution is 2.22. The summed E-state index contributed by atoms with van der Waals surface area (Å²) in [6, 6.07) is 14.6. The number of para-hydroxylation sites is 1. The largest absolute Gasteiger partial charge is 0.345 e. The van der Waals surface area contributed by atoms with E-state index in [2.05, 4.69) is 0 Å². The van der Waals surface area contributed by atoms with Crippen molar-refractivity contribution < 1.29 is 4.79 Å². The fraction of sp³-hybridized carbons (Fsp3) is 0.125. The van der Waals surface area contributed by atoms with Crippen LogP contribution in [0.5, 0.6) is 0 Å². The molecule has 0 fully saturated rings. The minimum atomic E-state index is -0.116. The molecule has 5 heteroatoms. The molecule has 0 saturated carbocycles. The van der Waals surface area contributed by atoms with Crippen LogP contribution in [-0.2, 0) is 0 Å². The van der Waals surface area contributed by atoms with E-state index in [1.54, 1.807) is 42.3 Å². The van der Waals surface area contributed by atoms with Crippen LogP contribution in [0.4, 0.5) is 0 Å². The number of hydrogen-bond acceptors (Lipinski definition) is 3. The number of benzene rings is 2. The standard InChI is InChI=1S/C16H14N2O2S/c1-17(2)15(19)11-7-3-5-9-13(11)18-16(20)12-8-4-6-10-14(12)21-18/h3-10H,1-2H3. The molecular formula is C16H14N2O2S. The molecule has 1 aromatic heterocycles. The minimum absolute atomic E-state index is 0.0883. The fourth-order valence-corrected chi connectivity index (χ4v) is 3.23. The molecule has 0 N–H and O–H groups in total. The topological polar surface area (TPSA) is 42.3 Å². The molecule has 0 aliphatic heterocycles. The molecule has 0 atom stereocenters. The second-order valence-electron chi connectivity index (χ2n) is 4.90. The van der Waals surface area contributed by atoms with E-state index in [-0.39, 0.29) is 11.5 Å². The van der Waals surface area contributed by atoms with E-state index in [4.69, 9.17) is 0 Å². The third-order valence-electron chi connectivity index (χ3n) is 3.25. The van der Waals surface area contributed by atoms with E-state index < -0.39 is 0 Å². The summed E-state index contributed by atoms with van der Waals surface area (Å²) in [5.74, 6) is -0.116. The first-order chi connectivity index (χ1) is 10.1. The lowest BCUT2D eigenvalue weighted by Crippen LogP contribution is -2.24. The molecule has 21 heavy (non-hydrogen) atoms. The molecule has 0 spiro atoms. The van der Waals surface area contributed by atoms with E-state index in [9.17, 15) is 9.59 Å². The van der Waals surface area contributed by atoms with Crippen LogP contribution in [-0.4, -0.2) is 28.9 Å². The third-order valence-corrected chi connectivity index (χ3v) is 4.35. The third kappa shape index (κ3) is 2.25. The maximum Gasteiger partial charge on any atom is 0.273 e. The Bertz CT molecular complexity index is 877. The van der Waals surface area contributed by atoms with Gasteiger partial charge in [-0.15, -0.1) is 0 Å². The summed E-state index contributed by atoms with van der Waals surface area (Å²) < 4.78 is 2.50. The zero-order chi connectivity index (χ0) is 15.0. The number of rotatable bonds is 2. The summed E-state index contributed by atoms with van der Waals surface area (Å²) in [5, 5.41) is 0.676. The fourth-order valence-electron chi connectivity index (χ4n) is 2.20. The van der Waals surface area contributed by atoms with Crippen LogP contribution >= 0.6 is 11.5 Å². The highest BCUT2D eigenvalue weighted by Gasteiger charge is 2.17. The summed E-state index contributed by atoms with van der Waals surface area (Å²) in [7, 11) is 3.40. The van der Waals surface area contributed by atoms with Crippen LogP contribution in [0.25, 0.3) is 15.8 Å². The number of carbonyl (C=O) groups is 1. The van der Waals surface area contributed by atoms with Gasteiger partial charge in [-0.25, -0.2) is 3.96 Å². The molecule has 0 saturated heterocycles. The molecule has 3 rings (SSSR count). The Hall–Kier alpha value is -2.40. The summed E-state index contributed by atoms with van der Waals surface area (Å²) in [4.78, 5) is 26.3. The van der Waals surface area contributed by atoms with Gasteiger partial charge in [0, 0.05) is 14.1 Å². The molecule has 0 unspecified atom stereocenters. The lowest BCUT2D eigenvalue weighted by Gasteiger charge is -2.13. The number of fused-ring (bicyclic) bond motifs is 1. The van der Waals surface area contributed by atoms with Gasteiger partial charge in [0.05, 0.1) is 21.3 Å². The van der Waals surface area contributed by atoms with E-state index in [1.165, 1.54) is 16.4 Å². The predicted molar refractivity (Wildman–Crippen MR) is 85.4 cm³/mol. The molecule has 1 amide bonds. The van der Waals surface area contributed by atoms with Crippen molar-refractivity contribution in [2.75, 3.05) is 14.1 Å². The van der Waals surface area contributed by atoms with Gasteiger partial charge in [-0.05, 0) is 24.3 Å². The SMILES string of the molecule is CN(C)C(=O)c1ccccc1-n1sc2ccccc2c1=O. The first-order valence-corrected chi connectivity index (χ1v) is 7.29. The Morgan fingerprint density at radius 1 is 1.05 bits per heavy atom. The van der Waals surface area contributed by atoms with Crippen LogP contribution in [0.3, 0.4) is 0 Å².